The predicted octanol–water partition coefficient (Wildman–Crippen LogP) is 5.96. The highest BCUT2D eigenvalue weighted by Gasteiger charge is 2.25. The molecule has 0 bridgehead atoms. The highest BCUT2D eigenvalue weighted by Crippen LogP contribution is 2.42. The maximum Gasteiger partial charge on any atom is 0.342 e. The van der Waals surface area contributed by atoms with Crippen molar-refractivity contribution < 1.29 is 24.1 Å². The molecule has 11 heteroatoms. The van der Waals surface area contributed by atoms with Crippen molar-refractivity contribution >= 4 is 54.5 Å². The van der Waals surface area contributed by atoms with Crippen molar-refractivity contribution in [3.8, 4) is 38.9 Å². The van der Waals surface area contributed by atoms with Crippen molar-refractivity contribution in [3.05, 3.63) is 47.5 Å². The van der Waals surface area contributed by atoms with Crippen LogP contribution in [0.25, 0.3) is 21.7 Å². The second-order valence-electron chi connectivity index (χ2n) is 7.19. The first-order valence-corrected chi connectivity index (χ1v) is 11.3. The van der Waals surface area contributed by atoms with E-state index in [1.54, 1.807) is 18.3 Å². The molecule has 1 aromatic heterocycles. The summed E-state index contributed by atoms with van der Waals surface area (Å²) in [6.07, 6.45) is 1.70. The molecule has 0 spiro atoms. The molecule has 0 saturated carbocycles. The Bertz CT molecular complexity index is 1070. The third-order valence-electron chi connectivity index (χ3n) is 4.65. The van der Waals surface area contributed by atoms with Crippen LogP contribution >= 0.6 is 48.6 Å². The summed E-state index contributed by atoms with van der Waals surface area (Å²) in [5.41, 5.74) is 2.06. The largest absolute Gasteiger partial charge is 0.507 e. The summed E-state index contributed by atoms with van der Waals surface area (Å²) in [4.78, 5) is 19.4. The number of nitrogens with zero attached hydrogens (tertiary/aromatic N) is 2. The minimum absolute atomic E-state index is 0. The minimum atomic E-state index is -0.593. The Morgan fingerprint density at radius 3 is 2.31 bits per heavy atom. The van der Waals surface area contributed by atoms with Crippen LogP contribution in [0, 0.1) is 0 Å². The van der Waals surface area contributed by atoms with E-state index in [0.717, 1.165) is 10.6 Å². The van der Waals surface area contributed by atoms with E-state index in [1.165, 1.54) is 17.4 Å². The molecule has 0 aliphatic rings. The third-order valence-corrected chi connectivity index (χ3v) is 5.46. The standard InChI is InChI=1S/C24H28N2O5S.3ClH/c1-5-29-19-10-7-16(15-20(19)30-6-2)21-17(23-25-11-14-32-23)8-9-18(27)22(21)24(28)31-13-12-26(3)4;;;/h7-11,14-15,27H,5-6,12-13H2,1-4H3;3*1H. The molecule has 0 saturated heterocycles. The van der Waals surface area contributed by atoms with Crippen LogP contribution in [0.5, 0.6) is 17.2 Å². The Kier molecular flexibility index (Phi) is 14.7. The van der Waals surface area contributed by atoms with Gasteiger partial charge >= 0.3 is 5.97 Å². The number of aromatic nitrogens is 1. The molecule has 0 aliphatic heterocycles. The number of aromatic hydroxyl groups is 1. The number of thiazole rings is 1. The molecule has 3 rings (SSSR count). The molecule has 3 aromatic rings. The lowest BCUT2D eigenvalue weighted by molar-refractivity contribution is 0.0479. The number of phenols is 1. The molecule has 1 heterocycles. The van der Waals surface area contributed by atoms with Gasteiger partial charge in [0.05, 0.1) is 13.2 Å². The van der Waals surface area contributed by atoms with Crippen molar-refractivity contribution in [2.75, 3.05) is 40.5 Å². The Hall–Kier alpha value is -2.23. The van der Waals surface area contributed by atoms with E-state index < -0.39 is 5.97 Å². The molecule has 0 fully saturated rings. The van der Waals surface area contributed by atoms with Gasteiger partial charge in [-0.25, -0.2) is 9.78 Å². The topological polar surface area (TPSA) is 81.1 Å². The quantitative estimate of drug-likeness (QED) is 0.304. The molecule has 7 nitrogen and oxygen atoms in total. The van der Waals surface area contributed by atoms with E-state index in [1.807, 2.05) is 50.4 Å². The van der Waals surface area contributed by atoms with Crippen molar-refractivity contribution in [2.45, 2.75) is 13.8 Å². The SMILES string of the molecule is CCOc1ccc(-c2c(-c3nccs3)ccc(O)c2C(=O)OCCN(C)C)cc1OCC.Cl.Cl.Cl. The predicted molar refractivity (Wildman–Crippen MR) is 148 cm³/mol. The first-order chi connectivity index (χ1) is 15.5. The van der Waals surface area contributed by atoms with Crippen LogP contribution in [0.3, 0.4) is 0 Å². The second-order valence-corrected chi connectivity index (χ2v) is 8.08. The first-order valence-electron chi connectivity index (χ1n) is 10.4. The van der Waals surface area contributed by atoms with Gasteiger partial charge in [-0.3, -0.25) is 0 Å². The molecule has 2 aromatic carbocycles. The molecule has 0 unspecified atom stereocenters. The lowest BCUT2D eigenvalue weighted by atomic mass is 9.93. The van der Waals surface area contributed by atoms with E-state index in [2.05, 4.69) is 4.98 Å². The number of carbonyl (C=O) groups excluding carboxylic acids is 1. The van der Waals surface area contributed by atoms with Gasteiger partial charge in [0, 0.05) is 29.2 Å². The van der Waals surface area contributed by atoms with E-state index in [4.69, 9.17) is 14.2 Å². The monoisotopic (exact) mass is 564 g/mol. The van der Waals surface area contributed by atoms with Gasteiger partial charge in [-0.15, -0.1) is 48.6 Å². The highest BCUT2D eigenvalue weighted by molar-refractivity contribution is 7.13. The maximum absolute atomic E-state index is 13.1. The van der Waals surface area contributed by atoms with Crippen LogP contribution in [0.2, 0.25) is 0 Å². The molecule has 0 amide bonds. The number of phenolic OH excluding ortho intramolecular Hbond substituents is 1. The zero-order chi connectivity index (χ0) is 23.1. The Morgan fingerprint density at radius 2 is 1.71 bits per heavy atom. The van der Waals surface area contributed by atoms with E-state index in [-0.39, 0.29) is 55.1 Å². The van der Waals surface area contributed by atoms with Crippen molar-refractivity contribution in [1.29, 1.82) is 0 Å². The van der Waals surface area contributed by atoms with Gasteiger partial charge in [-0.2, -0.15) is 0 Å². The molecule has 1 N–H and O–H groups in total. The van der Waals surface area contributed by atoms with Crippen LogP contribution in [-0.2, 0) is 4.74 Å². The smallest absolute Gasteiger partial charge is 0.342 e. The number of hydrogen-bond acceptors (Lipinski definition) is 8. The zero-order valence-electron chi connectivity index (χ0n) is 20.0. The fourth-order valence-corrected chi connectivity index (χ4v) is 3.90. The number of esters is 1. The van der Waals surface area contributed by atoms with Gasteiger partial charge in [0.15, 0.2) is 11.5 Å². The van der Waals surface area contributed by atoms with Crippen molar-refractivity contribution in [2.24, 2.45) is 0 Å². The Balaban J connectivity index is 0.00000385. The van der Waals surface area contributed by atoms with Crippen LogP contribution in [0.15, 0.2) is 41.9 Å². The summed E-state index contributed by atoms with van der Waals surface area (Å²) in [7, 11) is 3.80. The average Bonchev–Trinajstić information content (AvgIpc) is 3.29. The van der Waals surface area contributed by atoms with Crippen LogP contribution in [0.1, 0.15) is 24.2 Å². The van der Waals surface area contributed by atoms with Crippen molar-refractivity contribution in [1.82, 2.24) is 9.88 Å². The number of likely N-dealkylation sites (N-methyl/N-ethyl adjacent to an activating group) is 1. The van der Waals surface area contributed by atoms with Crippen LogP contribution in [0.4, 0.5) is 0 Å². The fourth-order valence-electron chi connectivity index (χ4n) is 3.23. The molecule has 0 atom stereocenters. The van der Waals surface area contributed by atoms with E-state index >= 15 is 0 Å². The van der Waals surface area contributed by atoms with E-state index in [0.29, 0.717) is 42.4 Å². The summed E-state index contributed by atoms with van der Waals surface area (Å²) >= 11 is 1.45. The second kappa shape index (κ2) is 15.7. The maximum atomic E-state index is 13.1. The average molecular weight is 566 g/mol. The summed E-state index contributed by atoms with van der Waals surface area (Å²) in [6.45, 7) is 5.54. The van der Waals surface area contributed by atoms with Crippen LogP contribution in [-0.4, -0.2) is 61.4 Å². The normalized spacial score (nSPS) is 9.97. The molecule has 35 heavy (non-hydrogen) atoms. The molecule has 194 valence electrons. The van der Waals surface area contributed by atoms with Gasteiger partial charge in [0.1, 0.15) is 22.9 Å². The van der Waals surface area contributed by atoms with E-state index in [9.17, 15) is 9.90 Å². The molecular formula is C24H31Cl3N2O5S. The molecule has 0 radical (unpaired) electrons. The summed E-state index contributed by atoms with van der Waals surface area (Å²) in [5, 5.41) is 13.3. The Morgan fingerprint density at radius 1 is 1.03 bits per heavy atom. The van der Waals surface area contributed by atoms with Gasteiger partial charge in [-0.1, -0.05) is 6.07 Å². The fraction of sp³-hybridized carbons (Fsp3) is 0.333. The number of carbonyl (C=O) groups is 1. The highest BCUT2D eigenvalue weighted by atomic mass is 35.5. The van der Waals surface area contributed by atoms with Gasteiger partial charge in [0.25, 0.3) is 0 Å². The lowest BCUT2D eigenvalue weighted by Crippen LogP contribution is -2.20. The summed E-state index contributed by atoms with van der Waals surface area (Å²) in [5.74, 6) is 0.433. The molecule has 0 aliphatic carbocycles. The first kappa shape index (κ1) is 32.8. The summed E-state index contributed by atoms with van der Waals surface area (Å²) < 4.78 is 16.9. The zero-order valence-corrected chi connectivity index (χ0v) is 23.2. The number of hydrogen-bond donors (Lipinski definition) is 1. The molecular weight excluding hydrogens is 535 g/mol. The van der Waals surface area contributed by atoms with Gasteiger partial charge in [-0.05, 0) is 57.8 Å². The van der Waals surface area contributed by atoms with Crippen molar-refractivity contribution in [3.63, 3.8) is 0 Å². The third kappa shape index (κ3) is 8.15. The van der Waals surface area contributed by atoms with Gasteiger partial charge in [0.2, 0.25) is 0 Å². The minimum Gasteiger partial charge on any atom is -0.507 e. The number of rotatable bonds is 10. The number of halogens is 3. The number of benzene rings is 2. The lowest BCUT2D eigenvalue weighted by Gasteiger charge is -2.18. The van der Waals surface area contributed by atoms with Gasteiger partial charge < -0.3 is 24.2 Å². The Labute approximate surface area is 228 Å². The summed E-state index contributed by atoms with van der Waals surface area (Å²) in [6, 6.07) is 8.73. The van der Waals surface area contributed by atoms with Crippen LogP contribution < -0.4 is 9.47 Å². The number of ether oxygens (including phenoxy) is 3.